The molecule has 0 aliphatic carbocycles. The summed E-state index contributed by atoms with van der Waals surface area (Å²) >= 11 is 0. The first-order chi connectivity index (χ1) is 8.38. The van der Waals surface area contributed by atoms with Crippen LogP contribution in [0.1, 0.15) is 35.8 Å². The van der Waals surface area contributed by atoms with Crippen LogP contribution in [0, 0.1) is 6.92 Å². The van der Waals surface area contributed by atoms with Crippen LogP contribution in [-0.4, -0.2) is 28.0 Å². The zero-order valence-corrected chi connectivity index (χ0v) is 10.4. The highest BCUT2D eigenvalue weighted by Gasteiger charge is 2.09. The van der Waals surface area contributed by atoms with E-state index in [1.54, 1.807) is 19.1 Å². The molecule has 0 aliphatic rings. The first-order valence-electron chi connectivity index (χ1n) is 5.65. The van der Waals surface area contributed by atoms with Gasteiger partial charge in [-0.25, -0.2) is 4.98 Å². The van der Waals surface area contributed by atoms with E-state index in [0.29, 0.717) is 23.5 Å². The maximum Gasteiger partial charge on any atom is 0.303 e. The number of aryl methyl sites for hydroxylation is 1. The number of nitrogens with two attached hydrogens (primary N) is 1. The molecule has 6 nitrogen and oxygen atoms in total. The number of hydrogen-bond acceptors (Lipinski definition) is 4. The van der Waals surface area contributed by atoms with Gasteiger partial charge in [-0.15, -0.1) is 0 Å². The molecule has 0 aliphatic heterocycles. The summed E-state index contributed by atoms with van der Waals surface area (Å²) in [7, 11) is 0. The van der Waals surface area contributed by atoms with Crippen LogP contribution in [-0.2, 0) is 4.79 Å². The number of hydrogen-bond donors (Lipinski definition) is 3. The van der Waals surface area contributed by atoms with Gasteiger partial charge < -0.3 is 16.2 Å². The molecule has 0 spiro atoms. The first kappa shape index (κ1) is 14.0. The molecule has 18 heavy (non-hydrogen) atoms. The van der Waals surface area contributed by atoms with Gasteiger partial charge in [0.05, 0.1) is 0 Å². The van der Waals surface area contributed by atoms with E-state index < -0.39 is 11.9 Å². The van der Waals surface area contributed by atoms with E-state index in [2.05, 4.69) is 10.3 Å². The predicted molar refractivity (Wildman–Crippen MR) is 67.4 cm³/mol. The van der Waals surface area contributed by atoms with E-state index in [9.17, 15) is 9.59 Å². The summed E-state index contributed by atoms with van der Waals surface area (Å²) in [6.45, 7) is 3.62. The highest BCUT2D eigenvalue weighted by Crippen LogP contribution is 2.12. The van der Waals surface area contributed by atoms with Gasteiger partial charge in [0.1, 0.15) is 5.82 Å². The average molecular weight is 251 g/mol. The summed E-state index contributed by atoms with van der Waals surface area (Å²) in [6, 6.07) is 3.12. The number of amides is 1. The number of carboxylic acid groups (broad SMARTS) is 1. The number of carbonyl (C=O) groups is 2. The second-order valence-electron chi connectivity index (χ2n) is 4.22. The lowest BCUT2D eigenvalue weighted by Crippen LogP contribution is -2.19. The van der Waals surface area contributed by atoms with Gasteiger partial charge in [0.15, 0.2) is 0 Å². The third-order valence-corrected chi connectivity index (χ3v) is 2.42. The first-order valence-corrected chi connectivity index (χ1v) is 5.65. The standard InChI is InChI=1S/C12H17N3O3/c1-7(3-4-11(16)17)14-10-6-9(12(13)18)5-8(2)15-10/h5-7H,3-4H2,1-2H3,(H2,13,18)(H,14,15)(H,16,17). The molecule has 1 aromatic heterocycles. The number of aliphatic carboxylic acids is 1. The van der Waals surface area contributed by atoms with Crippen LogP contribution in [0.4, 0.5) is 5.82 Å². The van der Waals surface area contributed by atoms with Crippen molar-refractivity contribution in [2.75, 3.05) is 5.32 Å². The summed E-state index contributed by atoms with van der Waals surface area (Å²) in [5.74, 6) is -0.817. The number of rotatable bonds is 6. The summed E-state index contributed by atoms with van der Waals surface area (Å²) in [6.07, 6.45) is 0.569. The zero-order valence-electron chi connectivity index (χ0n) is 10.4. The molecule has 1 atom stereocenters. The molecule has 1 heterocycles. The van der Waals surface area contributed by atoms with Crippen molar-refractivity contribution in [2.24, 2.45) is 5.73 Å². The van der Waals surface area contributed by atoms with Crippen LogP contribution in [0.3, 0.4) is 0 Å². The van der Waals surface area contributed by atoms with Crippen LogP contribution in [0.5, 0.6) is 0 Å². The Labute approximate surface area is 105 Å². The third kappa shape index (κ3) is 4.40. The van der Waals surface area contributed by atoms with Crippen molar-refractivity contribution in [1.82, 2.24) is 4.98 Å². The van der Waals surface area contributed by atoms with Crippen molar-refractivity contribution in [1.29, 1.82) is 0 Å². The Hall–Kier alpha value is -2.11. The second kappa shape index (κ2) is 6.00. The summed E-state index contributed by atoms with van der Waals surface area (Å²) in [5.41, 5.74) is 6.27. The molecular weight excluding hydrogens is 234 g/mol. The SMILES string of the molecule is Cc1cc(C(N)=O)cc(NC(C)CCC(=O)O)n1. The van der Waals surface area contributed by atoms with Crippen LogP contribution < -0.4 is 11.1 Å². The van der Waals surface area contributed by atoms with Crippen molar-refractivity contribution in [3.05, 3.63) is 23.4 Å². The van der Waals surface area contributed by atoms with Crippen molar-refractivity contribution in [2.45, 2.75) is 32.7 Å². The van der Waals surface area contributed by atoms with Gasteiger partial charge in [0, 0.05) is 23.7 Å². The number of carboxylic acids is 1. The van der Waals surface area contributed by atoms with Crippen molar-refractivity contribution in [3.8, 4) is 0 Å². The number of nitrogens with zero attached hydrogens (tertiary/aromatic N) is 1. The number of aromatic nitrogens is 1. The minimum Gasteiger partial charge on any atom is -0.481 e. The number of pyridine rings is 1. The minimum atomic E-state index is -0.835. The molecule has 0 aromatic carbocycles. The van der Waals surface area contributed by atoms with E-state index >= 15 is 0 Å². The molecule has 6 heteroatoms. The molecule has 1 rings (SSSR count). The van der Waals surface area contributed by atoms with Gasteiger partial charge >= 0.3 is 5.97 Å². The maximum atomic E-state index is 11.1. The molecule has 0 saturated carbocycles. The van der Waals surface area contributed by atoms with Crippen LogP contribution in [0.15, 0.2) is 12.1 Å². The van der Waals surface area contributed by atoms with Crippen LogP contribution >= 0.6 is 0 Å². The van der Waals surface area contributed by atoms with Crippen LogP contribution in [0.25, 0.3) is 0 Å². The average Bonchev–Trinajstić information content (AvgIpc) is 2.25. The lowest BCUT2D eigenvalue weighted by molar-refractivity contribution is -0.137. The predicted octanol–water partition coefficient (Wildman–Crippen LogP) is 1.15. The van der Waals surface area contributed by atoms with Gasteiger partial charge in [-0.2, -0.15) is 0 Å². The number of nitrogens with one attached hydrogen (secondary N) is 1. The Morgan fingerprint density at radius 2 is 2.17 bits per heavy atom. The topological polar surface area (TPSA) is 105 Å². The summed E-state index contributed by atoms with van der Waals surface area (Å²) < 4.78 is 0. The second-order valence-corrected chi connectivity index (χ2v) is 4.22. The lowest BCUT2D eigenvalue weighted by Gasteiger charge is -2.14. The molecule has 1 aromatic rings. The summed E-state index contributed by atoms with van der Waals surface area (Å²) in [5, 5.41) is 11.6. The van der Waals surface area contributed by atoms with Gasteiger partial charge in [-0.05, 0) is 32.4 Å². The molecule has 1 unspecified atom stereocenters. The van der Waals surface area contributed by atoms with E-state index in [1.165, 1.54) is 0 Å². The Balaban J connectivity index is 2.72. The Morgan fingerprint density at radius 3 is 2.72 bits per heavy atom. The van der Waals surface area contributed by atoms with Crippen molar-refractivity contribution in [3.63, 3.8) is 0 Å². The van der Waals surface area contributed by atoms with E-state index in [-0.39, 0.29) is 12.5 Å². The van der Waals surface area contributed by atoms with E-state index in [4.69, 9.17) is 10.8 Å². The molecule has 0 fully saturated rings. The third-order valence-electron chi connectivity index (χ3n) is 2.42. The monoisotopic (exact) mass is 251 g/mol. The Kier molecular flexibility index (Phi) is 4.65. The van der Waals surface area contributed by atoms with Crippen molar-refractivity contribution >= 4 is 17.7 Å². The quantitative estimate of drug-likeness (QED) is 0.703. The van der Waals surface area contributed by atoms with Gasteiger partial charge in [-0.3, -0.25) is 9.59 Å². The molecule has 0 saturated heterocycles. The van der Waals surface area contributed by atoms with Gasteiger partial charge in [0.25, 0.3) is 0 Å². The molecule has 0 bridgehead atoms. The fourth-order valence-electron chi connectivity index (χ4n) is 1.55. The Morgan fingerprint density at radius 1 is 1.50 bits per heavy atom. The number of anilines is 1. The van der Waals surface area contributed by atoms with Crippen molar-refractivity contribution < 1.29 is 14.7 Å². The zero-order chi connectivity index (χ0) is 13.7. The lowest BCUT2D eigenvalue weighted by atomic mass is 10.1. The molecular formula is C12H17N3O3. The fourth-order valence-corrected chi connectivity index (χ4v) is 1.55. The largest absolute Gasteiger partial charge is 0.481 e. The maximum absolute atomic E-state index is 11.1. The van der Waals surface area contributed by atoms with E-state index in [1.807, 2.05) is 6.92 Å². The van der Waals surface area contributed by atoms with Gasteiger partial charge in [0.2, 0.25) is 5.91 Å². The fraction of sp³-hybridized carbons (Fsp3) is 0.417. The highest BCUT2D eigenvalue weighted by atomic mass is 16.4. The molecule has 0 radical (unpaired) electrons. The number of carbonyl (C=O) groups excluding carboxylic acids is 1. The Bertz CT molecular complexity index is 460. The molecule has 4 N–H and O–H groups in total. The van der Waals surface area contributed by atoms with Gasteiger partial charge in [-0.1, -0.05) is 0 Å². The summed E-state index contributed by atoms with van der Waals surface area (Å²) in [4.78, 5) is 25.8. The highest BCUT2D eigenvalue weighted by molar-refractivity contribution is 5.93. The smallest absolute Gasteiger partial charge is 0.303 e. The normalized spacial score (nSPS) is 11.9. The van der Waals surface area contributed by atoms with Crippen LogP contribution in [0.2, 0.25) is 0 Å². The molecule has 1 amide bonds. The minimum absolute atomic E-state index is 0.0453. The number of primary amides is 1. The molecule has 98 valence electrons. The van der Waals surface area contributed by atoms with E-state index in [0.717, 1.165) is 0 Å².